The number of aromatic nitrogens is 4. The first-order valence-electron chi connectivity index (χ1n) is 10.3. The van der Waals surface area contributed by atoms with Crippen molar-refractivity contribution < 1.29 is 46.1 Å². The smallest absolute Gasteiger partial charge is 0.475 e. The maximum absolute atomic E-state index is 10.6. The molecular weight excluding hydrogens is 514 g/mol. The molecule has 1 aliphatic rings. The van der Waals surface area contributed by atoms with Gasteiger partial charge in [0, 0.05) is 23.5 Å². The Morgan fingerprint density at radius 3 is 1.97 bits per heavy atom. The number of fused-ring (bicyclic) bond motifs is 1. The molecule has 0 spiro atoms. The van der Waals surface area contributed by atoms with Crippen molar-refractivity contribution in [2.24, 2.45) is 0 Å². The number of carboxylic acids is 2. The molecule has 10 nitrogen and oxygen atoms in total. The molecule has 37 heavy (non-hydrogen) atoms. The maximum atomic E-state index is 10.6. The molecule has 2 N–H and O–H groups in total. The predicted molar refractivity (Wildman–Crippen MR) is 114 cm³/mol. The van der Waals surface area contributed by atoms with Gasteiger partial charge in [-0.3, -0.25) is 4.68 Å². The minimum atomic E-state index is -5.08. The van der Waals surface area contributed by atoms with Crippen LogP contribution in [0.5, 0.6) is 0 Å². The number of piperidine rings is 1. The number of carbonyl (C=O) groups is 2. The highest BCUT2D eigenvalue weighted by molar-refractivity contribution is 5.73. The van der Waals surface area contributed by atoms with Crippen molar-refractivity contribution in [3.05, 3.63) is 42.5 Å². The van der Waals surface area contributed by atoms with Crippen LogP contribution >= 0.6 is 0 Å². The summed E-state index contributed by atoms with van der Waals surface area (Å²) in [6, 6.07) is 6.60. The Hall–Kier alpha value is -4.13. The molecule has 0 unspecified atom stereocenters. The summed E-state index contributed by atoms with van der Waals surface area (Å²) in [5, 5.41) is 32.1. The molecular formula is C21H20F6N6O4. The maximum Gasteiger partial charge on any atom is 0.490 e. The van der Waals surface area contributed by atoms with Gasteiger partial charge in [0.25, 0.3) is 0 Å². The second-order valence-corrected chi connectivity index (χ2v) is 7.77. The minimum absolute atomic E-state index is 0.485. The van der Waals surface area contributed by atoms with Crippen molar-refractivity contribution in [2.75, 3.05) is 20.1 Å². The average Bonchev–Trinajstić information content (AvgIpc) is 3.46. The van der Waals surface area contributed by atoms with Gasteiger partial charge in [-0.05, 0) is 39.0 Å². The third kappa shape index (κ3) is 8.20. The van der Waals surface area contributed by atoms with E-state index < -0.39 is 24.3 Å². The van der Waals surface area contributed by atoms with E-state index in [0.29, 0.717) is 11.6 Å². The van der Waals surface area contributed by atoms with E-state index in [9.17, 15) is 26.3 Å². The molecule has 1 fully saturated rings. The van der Waals surface area contributed by atoms with Crippen molar-refractivity contribution in [2.45, 2.75) is 31.2 Å². The van der Waals surface area contributed by atoms with Gasteiger partial charge in [-0.1, -0.05) is 6.07 Å². The highest BCUT2D eigenvalue weighted by Gasteiger charge is 2.38. The fourth-order valence-electron chi connectivity index (χ4n) is 3.19. The zero-order chi connectivity index (χ0) is 28.0. The summed E-state index contributed by atoms with van der Waals surface area (Å²) in [5.41, 5.74) is 3.57. The summed E-state index contributed by atoms with van der Waals surface area (Å²) in [5.74, 6) is -5.51. The number of hydrogen-bond donors (Lipinski definition) is 2. The number of rotatable bonds is 2. The second kappa shape index (κ2) is 11.7. The summed E-state index contributed by atoms with van der Waals surface area (Å²) in [6.45, 7) is 2.24. The molecule has 4 heterocycles. The number of carboxylic acid groups (broad SMARTS) is 2. The number of alkyl halides is 6. The molecule has 0 saturated carbocycles. The molecule has 0 atom stereocenters. The first-order chi connectivity index (χ1) is 17.1. The van der Waals surface area contributed by atoms with Gasteiger partial charge in [-0.2, -0.15) is 41.8 Å². The number of nitrogens with zero attached hydrogens (tertiary/aromatic N) is 6. The van der Waals surface area contributed by atoms with Gasteiger partial charge in [-0.25, -0.2) is 14.1 Å². The minimum Gasteiger partial charge on any atom is -0.475 e. The van der Waals surface area contributed by atoms with Crippen LogP contribution in [0.3, 0.4) is 0 Å². The van der Waals surface area contributed by atoms with Crippen molar-refractivity contribution in [3.8, 4) is 17.2 Å². The van der Waals surface area contributed by atoms with Crippen LogP contribution in [0, 0.1) is 11.3 Å². The van der Waals surface area contributed by atoms with Crippen LogP contribution in [0.1, 0.15) is 24.4 Å². The standard InChI is InChI=1S/C17H18N6.2C2HF3O2/c1-21-6-4-16(5-7-21)22-12-15(10-19-22)13-2-3-17-14(8-18)9-20-23(17)11-13;2*3-2(4,5)1(6)7/h2-3,9-12,16H,4-7H2,1H3;2*(H,6,7). The number of halogens is 6. The van der Waals surface area contributed by atoms with Crippen LogP contribution in [-0.4, -0.2) is 78.9 Å². The Morgan fingerprint density at radius 2 is 1.49 bits per heavy atom. The zero-order valence-electron chi connectivity index (χ0n) is 19.0. The second-order valence-electron chi connectivity index (χ2n) is 7.77. The van der Waals surface area contributed by atoms with Crippen LogP contribution in [-0.2, 0) is 9.59 Å². The number of aliphatic carboxylic acids is 2. The van der Waals surface area contributed by atoms with E-state index in [1.54, 1.807) is 10.7 Å². The van der Waals surface area contributed by atoms with Crippen LogP contribution in [0.2, 0.25) is 0 Å². The predicted octanol–water partition coefficient (Wildman–Crippen LogP) is 3.60. The summed E-state index contributed by atoms with van der Waals surface area (Å²) in [7, 11) is 2.17. The molecule has 16 heteroatoms. The first kappa shape index (κ1) is 29.1. The lowest BCUT2D eigenvalue weighted by Crippen LogP contribution is -2.31. The Labute approximate surface area is 204 Å². The number of likely N-dealkylation sites (tertiary alicyclic amines) is 1. The highest BCUT2D eigenvalue weighted by atomic mass is 19.4. The molecule has 0 aromatic carbocycles. The van der Waals surface area contributed by atoms with E-state index in [2.05, 4.69) is 39.1 Å². The zero-order valence-corrected chi connectivity index (χ0v) is 19.0. The largest absolute Gasteiger partial charge is 0.490 e. The van der Waals surface area contributed by atoms with Gasteiger partial charge in [0.15, 0.2) is 0 Å². The molecule has 0 aliphatic carbocycles. The molecule has 1 aliphatic heterocycles. The summed E-state index contributed by atoms with van der Waals surface area (Å²) >= 11 is 0. The van der Waals surface area contributed by atoms with Gasteiger partial charge in [0.2, 0.25) is 0 Å². The van der Waals surface area contributed by atoms with Gasteiger partial charge in [0.1, 0.15) is 6.07 Å². The molecule has 200 valence electrons. The normalized spacial score (nSPS) is 14.6. The van der Waals surface area contributed by atoms with Crippen molar-refractivity contribution in [3.63, 3.8) is 0 Å². The topological polar surface area (TPSA) is 137 Å². The Balaban J connectivity index is 0.000000286. The summed E-state index contributed by atoms with van der Waals surface area (Å²) in [4.78, 5) is 20.2. The van der Waals surface area contributed by atoms with Gasteiger partial charge >= 0.3 is 24.3 Å². The highest BCUT2D eigenvalue weighted by Crippen LogP contribution is 2.25. The Bertz CT molecular complexity index is 1250. The lowest BCUT2D eigenvalue weighted by atomic mass is 10.1. The van der Waals surface area contributed by atoms with E-state index in [-0.39, 0.29) is 0 Å². The third-order valence-electron chi connectivity index (χ3n) is 5.12. The lowest BCUT2D eigenvalue weighted by molar-refractivity contribution is -0.193. The van der Waals surface area contributed by atoms with E-state index >= 15 is 0 Å². The average molecular weight is 534 g/mol. The van der Waals surface area contributed by atoms with E-state index in [4.69, 9.17) is 25.1 Å². The molecule has 4 rings (SSSR count). The summed E-state index contributed by atoms with van der Waals surface area (Å²) in [6.07, 6.45) is -0.310. The molecule has 0 bridgehead atoms. The SMILES string of the molecule is CN1CCC(n2cc(-c3ccc4c(C#N)cnn4c3)cn2)CC1.O=C(O)C(F)(F)F.O=C(O)C(F)(F)F. The Kier molecular flexibility index (Phi) is 9.23. The summed E-state index contributed by atoms with van der Waals surface area (Å²) < 4.78 is 67.3. The van der Waals surface area contributed by atoms with Crippen molar-refractivity contribution >= 4 is 17.5 Å². The van der Waals surface area contributed by atoms with Crippen molar-refractivity contribution in [1.29, 1.82) is 5.26 Å². The number of nitriles is 1. The third-order valence-corrected chi connectivity index (χ3v) is 5.12. The molecule has 0 radical (unpaired) electrons. The van der Waals surface area contributed by atoms with Crippen LogP contribution in [0.25, 0.3) is 16.6 Å². The van der Waals surface area contributed by atoms with Gasteiger partial charge < -0.3 is 15.1 Å². The van der Waals surface area contributed by atoms with Crippen LogP contribution in [0.4, 0.5) is 26.3 Å². The molecule has 3 aromatic heterocycles. The van der Waals surface area contributed by atoms with Crippen molar-refractivity contribution in [1.82, 2.24) is 24.3 Å². The van der Waals surface area contributed by atoms with Gasteiger partial charge in [-0.15, -0.1) is 0 Å². The van der Waals surface area contributed by atoms with Crippen LogP contribution < -0.4 is 0 Å². The first-order valence-corrected chi connectivity index (χ1v) is 10.3. The quantitative estimate of drug-likeness (QED) is 0.476. The number of hydrogen-bond acceptors (Lipinski definition) is 6. The Morgan fingerprint density at radius 1 is 0.946 bits per heavy atom. The van der Waals surface area contributed by atoms with E-state index in [1.165, 1.54) is 0 Å². The molecule has 3 aromatic rings. The fourth-order valence-corrected chi connectivity index (χ4v) is 3.19. The van der Waals surface area contributed by atoms with Gasteiger partial charge in [0.05, 0.1) is 29.5 Å². The van der Waals surface area contributed by atoms with E-state index in [0.717, 1.165) is 42.6 Å². The fraction of sp³-hybridized carbons (Fsp3) is 0.381. The lowest BCUT2D eigenvalue weighted by Gasteiger charge is -2.28. The molecule has 1 saturated heterocycles. The molecule has 0 amide bonds. The van der Waals surface area contributed by atoms with Crippen LogP contribution in [0.15, 0.2) is 36.9 Å². The monoisotopic (exact) mass is 534 g/mol. The van der Waals surface area contributed by atoms with E-state index in [1.807, 2.05) is 24.5 Å². The number of pyridine rings is 1.